The van der Waals surface area contributed by atoms with Gasteiger partial charge in [0.25, 0.3) is 5.91 Å². The second-order valence-electron chi connectivity index (χ2n) is 6.50. The highest BCUT2D eigenvalue weighted by molar-refractivity contribution is 5.94. The van der Waals surface area contributed by atoms with Crippen LogP contribution < -0.4 is 10.1 Å². The first kappa shape index (κ1) is 17.7. The van der Waals surface area contributed by atoms with Gasteiger partial charge in [0.1, 0.15) is 11.3 Å². The van der Waals surface area contributed by atoms with Gasteiger partial charge in [-0.25, -0.2) is 4.52 Å². The highest BCUT2D eigenvalue weighted by Crippen LogP contribution is 2.21. The molecule has 3 heterocycles. The first-order chi connectivity index (χ1) is 13.6. The van der Waals surface area contributed by atoms with Crippen molar-refractivity contribution < 1.29 is 9.53 Å². The Hall–Kier alpha value is -3.67. The zero-order valence-corrected chi connectivity index (χ0v) is 15.7. The molecule has 0 saturated heterocycles. The Bertz CT molecular complexity index is 1130. The molecule has 0 fully saturated rings. The third kappa shape index (κ3) is 3.57. The molecule has 0 saturated carbocycles. The van der Waals surface area contributed by atoms with E-state index in [9.17, 15) is 4.79 Å². The number of nitrogens with zero attached hydrogens (tertiary/aromatic N) is 3. The third-order valence-electron chi connectivity index (χ3n) is 4.55. The fourth-order valence-corrected chi connectivity index (χ4v) is 3.09. The van der Waals surface area contributed by atoms with Crippen molar-refractivity contribution in [2.75, 3.05) is 7.11 Å². The topological polar surface area (TPSA) is 68.5 Å². The largest absolute Gasteiger partial charge is 0.494 e. The first-order valence-corrected chi connectivity index (χ1v) is 8.96. The SMILES string of the molecule is COc1cccn2nc(C(=O)NCc3ccc(-c4ccnc(C)c4)cc3)cc12. The molecule has 0 aliphatic rings. The Kier molecular flexibility index (Phi) is 4.76. The number of methoxy groups -OCH3 is 1. The zero-order valence-electron chi connectivity index (χ0n) is 15.7. The van der Waals surface area contributed by atoms with Crippen LogP contribution in [0.15, 0.2) is 67.0 Å². The van der Waals surface area contributed by atoms with Crippen molar-refractivity contribution in [2.45, 2.75) is 13.5 Å². The Labute approximate surface area is 162 Å². The molecule has 6 nitrogen and oxygen atoms in total. The summed E-state index contributed by atoms with van der Waals surface area (Å²) in [5.41, 5.74) is 5.36. The minimum atomic E-state index is -0.223. The van der Waals surface area contributed by atoms with Gasteiger partial charge in [-0.3, -0.25) is 9.78 Å². The Morgan fingerprint density at radius 1 is 1.11 bits per heavy atom. The summed E-state index contributed by atoms with van der Waals surface area (Å²) in [6.07, 6.45) is 3.59. The van der Waals surface area contributed by atoms with Gasteiger partial charge in [0.05, 0.1) is 7.11 Å². The van der Waals surface area contributed by atoms with Crippen molar-refractivity contribution in [3.05, 3.63) is 83.9 Å². The van der Waals surface area contributed by atoms with Crippen LogP contribution in [-0.2, 0) is 6.54 Å². The summed E-state index contributed by atoms with van der Waals surface area (Å²) in [5.74, 6) is 0.454. The normalized spacial score (nSPS) is 10.8. The maximum atomic E-state index is 12.5. The van der Waals surface area contributed by atoms with Gasteiger partial charge in [-0.15, -0.1) is 0 Å². The van der Waals surface area contributed by atoms with Crippen LogP contribution in [0.3, 0.4) is 0 Å². The van der Waals surface area contributed by atoms with Crippen molar-refractivity contribution in [3.8, 4) is 16.9 Å². The maximum absolute atomic E-state index is 12.5. The van der Waals surface area contributed by atoms with E-state index >= 15 is 0 Å². The molecule has 0 radical (unpaired) electrons. The fraction of sp³-hybridized carbons (Fsp3) is 0.136. The first-order valence-electron chi connectivity index (χ1n) is 8.96. The number of rotatable bonds is 5. The maximum Gasteiger partial charge on any atom is 0.272 e. The summed E-state index contributed by atoms with van der Waals surface area (Å²) in [4.78, 5) is 16.7. The number of hydrogen-bond acceptors (Lipinski definition) is 4. The molecule has 28 heavy (non-hydrogen) atoms. The van der Waals surface area contributed by atoms with Gasteiger partial charge >= 0.3 is 0 Å². The lowest BCUT2D eigenvalue weighted by molar-refractivity contribution is 0.0945. The molecule has 0 aliphatic heterocycles. The molecule has 1 N–H and O–H groups in total. The number of ether oxygens (including phenoxy) is 1. The lowest BCUT2D eigenvalue weighted by Crippen LogP contribution is -2.23. The summed E-state index contributed by atoms with van der Waals surface area (Å²) in [6.45, 7) is 2.40. The molecule has 4 aromatic rings. The van der Waals surface area contributed by atoms with E-state index in [4.69, 9.17) is 4.74 Å². The number of carbonyl (C=O) groups is 1. The van der Waals surface area contributed by atoms with Crippen molar-refractivity contribution in [2.24, 2.45) is 0 Å². The van der Waals surface area contributed by atoms with Crippen molar-refractivity contribution >= 4 is 11.4 Å². The fourth-order valence-electron chi connectivity index (χ4n) is 3.09. The van der Waals surface area contributed by atoms with Crippen LogP contribution in [0.5, 0.6) is 5.75 Å². The summed E-state index contributed by atoms with van der Waals surface area (Å²) in [7, 11) is 1.60. The predicted molar refractivity (Wildman–Crippen MR) is 107 cm³/mol. The van der Waals surface area contributed by atoms with Gasteiger partial charge in [-0.2, -0.15) is 5.10 Å². The number of nitrogens with one attached hydrogen (secondary N) is 1. The lowest BCUT2D eigenvalue weighted by Gasteiger charge is -2.06. The second-order valence-corrected chi connectivity index (χ2v) is 6.50. The number of fused-ring (bicyclic) bond motifs is 1. The molecule has 0 aliphatic carbocycles. The molecule has 6 heteroatoms. The average molecular weight is 372 g/mol. The summed E-state index contributed by atoms with van der Waals surface area (Å²) in [6, 6.07) is 17.5. The standard InChI is InChI=1S/C22H20N4O2/c1-15-12-18(9-10-23-15)17-7-5-16(6-8-17)14-24-22(27)19-13-20-21(28-2)4-3-11-26(20)25-19/h3-13H,14H2,1-2H3,(H,24,27). The van der Waals surface area contributed by atoms with E-state index in [1.165, 1.54) is 0 Å². The Balaban J connectivity index is 1.45. The van der Waals surface area contributed by atoms with E-state index in [0.717, 1.165) is 27.9 Å². The van der Waals surface area contributed by atoms with Crippen molar-refractivity contribution in [3.63, 3.8) is 0 Å². The van der Waals surface area contributed by atoms with Crippen LogP contribution in [0.2, 0.25) is 0 Å². The number of amides is 1. The molecule has 3 aromatic heterocycles. The third-order valence-corrected chi connectivity index (χ3v) is 4.55. The molecule has 0 bridgehead atoms. The summed E-state index contributed by atoms with van der Waals surface area (Å²) < 4.78 is 6.95. The van der Waals surface area contributed by atoms with Gasteiger partial charge in [-0.1, -0.05) is 24.3 Å². The van der Waals surface area contributed by atoms with E-state index in [1.54, 1.807) is 23.9 Å². The summed E-state index contributed by atoms with van der Waals surface area (Å²) in [5, 5.41) is 7.23. The number of aromatic nitrogens is 3. The van der Waals surface area contributed by atoms with Crippen molar-refractivity contribution in [1.29, 1.82) is 0 Å². The van der Waals surface area contributed by atoms with Crippen LogP contribution in [0.4, 0.5) is 0 Å². The Morgan fingerprint density at radius 2 is 1.93 bits per heavy atom. The quantitative estimate of drug-likeness (QED) is 0.581. The number of benzene rings is 1. The van der Waals surface area contributed by atoms with E-state index in [1.807, 2.05) is 55.6 Å². The highest BCUT2D eigenvalue weighted by atomic mass is 16.5. The van der Waals surface area contributed by atoms with Crippen LogP contribution in [-0.4, -0.2) is 27.6 Å². The van der Waals surface area contributed by atoms with Crippen LogP contribution >= 0.6 is 0 Å². The van der Waals surface area contributed by atoms with Gasteiger partial charge in [0, 0.05) is 30.7 Å². The van der Waals surface area contributed by atoms with Crippen LogP contribution in [0, 0.1) is 6.92 Å². The van der Waals surface area contributed by atoms with E-state index in [2.05, 4.69) is 21.5 Å². The van der Waals surface area contributed by atoms with Crippen LogP contribution in [0.1, 0.15) is 21.7 Å². The number of carbonyl (C=O) groups excluding carboxylic acids is 1. The molecular weight excluding hydrogens is 352 g/mol. The molecule has 0 atom stereocenters. The molecule has 140 valence electrons. The van der Waals surface area contributed by atoms with E-state index in [0.29, 0.717) is 18.0 Å². The zero-order chi connectivity index (χ0) is 19.5. The average Bonchev–Trinajstić information content (AvgIpc) is 3.17. The van der Waals surface area contributed by atoms with Gasteiger partial charge in [0.2, 0.25) is 0 Å². The van der Waals surface area contributed by atoms with Crippen LogP contribution in [0.25, 0.3) is 16.6 Å². The predicted octanol–water partition coefficient (Wildman–Crippen LogP) is 3.64. The van der Waals surface area contributed by atoms with Gasteiger partial charge in [-0.05, 0) is 47.9 Å². The molecular formula is C22H20N4O2. The summed E-state index contributed by atoms with van der Waals surface area (Å²) >= 11 is 0. The van der Waals surface area contributed by atoms with E-state index < -0.39 is 0 Å². The monoisotopic (exact) mass is 372 g/mol. The van der Waals surface area contributed by atoms with E-state index in [-0.39, 0.29) is 5.91 Å². The molecule has 0 unspecified atom stereocenters. The van der Waals surface area contributed by atoms with Gasteiger partial charge in [0.15, 0.2) is 5.69 Å². The molecule has 0 spiro atoms. The van der Waals surface area contributed by atoms with Gasteiger partial charge < -0.3 is 10.1 Å². The number of hydrogen-bond donors (Lipinski definition) is 1. The second kappa shape index (κ2) is 7.52. The highest BCUT2D eigenvalue weighted by Gasteiger charge is 2.13. The molecule has 4 rings (SSSR count). The minimum Gasteiger partial charge on any atom is -0.494 e. The number of pyridine rings is 2. The smallest absolute Gasteiger partial charge is 0.272 e. The lowest BCUT2D eigenvalue weighted by atomic mass is 10.0. The molecule has 1 amide bonds. The number of aryl methyl sites for hydroxylation is 1. The van der Waals surface area contributed by atoms with Crippen molar-refractivity contribution in [1.82, 2.24) is 19.9 Å². The Morgan fingerprint density at radius 3 is 2.68 bits per heavy atom. The molecule has 1 aromatic carbocycles. The minimum absolute atomic E-state index is 0.223.